The Hall–Kier alpha value is -0.670. The molecule has 0 saturated carbocycles. The van der Waals surface area contributed by atoms with Crippen molar-refractivity contribution in [3.05, 3.63) is 4.13 Å². The molecular formula is C5H10NO6S2-. The number of nitrogens with zero attached hydrogens (tertiary/aromatic N) is 1. The molecular weight excluding hydrogens is 234 g/mol. The van der Waals surface area contributed by atoms with E-state index in [4.69, 9.17) is 0 Å². The first-order valence-corrected chi connectivity index (χ1v) is 6.94. The molecule has 0 saturated heterocycles. The van der Waals surface area contributed by atoms with Gasteiger partial charge in [0.15, 0.2) is 0 Å². The van der Waals surface area contributed by atoms with Gasteiger partial charge < -0.3 is 8.86 Å². The molecule has 0 spiro atoms. The molecule has 0 heterocycles. The molecule has 0 aliphatic heterocycles. The summed E-state index contributed by atoms with van der Waals surface area (Å²) in [5, 5.41) is 0. The van der Waals surface area contributed by atoms with E-state index in [1.165, 1.54) is 6.92 Å². The Morgan fingerprint density at radius 2 is 1.79 bits per heavy atom. The molecule has 0 rings (SSSR count). The first-order chi connectivity index (χ1) is 6.16. The molecule has 0 aliphatic carbocycles. The number of sulfonamides is 2. The standard InChI is InChI=1S/C5H10NO6S2/c1-3-12-5(7)4-14(10,11)6-13(2,8)9/h3-4H2,1-2H3/q-1. The Labute approximate surface area is 82.5 Å². The van der Waals surface area contributed by atoms with Gasteiger partial charge in [-0.25, -0.2) is 16.8 Å². The Morgan fingerprint density at radius 3 is 2.14 bits per heavy atom. The number of hydrogen-bond donors (Lipinski definition) is 0. The normalized spacial score (nSPS) is 12.4. The number of esters is 1. The summed E-state index contributed by atoms with van der Waals surface area (Å²) in [4.78, 5) is 10.7. The van der Waals surface area contributed by atoms with Gasteiger partial charge in [0.1, 0.15) is 5.75 Å². The highest BCUT2D eigenvalue weighted by atomic mass is 32.3. The fraction of sp³-hybridized carbons (Fsp3) is 0.800. The zero-order chi connectivity index (χ0) is 11.4. The van der Waals surface area contributed by atoms with Gasteiger partial charge in [0.2, 0.25) is 0 Å². The fourth-order valence-electron chi connectivity index (χ4n) is 0.584. The topological polar surface area (TPSA) is 109 Å². The van der Waals surface area contributed by atoms with E-state index in [0.29, 0.717) is 6.26 Å². The van der Waals surface area contributed by atoms with Crippen LogP contribution in [0.1, 0.15) is 6.92 Å². The largest absolute Gasteiger partial charge is 0.465 e. The lowest BCUT2D eigenvalue weighted by Crippen LogP contribution is -2.19. The van der Waals surface area contributed by atoms with E-state index in [1.807, 2.05) is 0 Å². The number of carbonyl (C=O) groups excluding carboxylic acids is 1. The summed E-state index contributed by atoms with van der Waals surface area (Å²) < 4.78 is 49.6. The third kappa shape index (κ3) is 6.80. The van der Waals surface area contributed by atoms with E-state index in [0.717, 1.165) is 0 Å². The highest BCUT2D eigenvalue weighted by Crippen LogP contribution is 2.08. The lowest BCUT2D eigenvalue weighted by atomic mass is 10.8. The van der Waals surface area contributed by atoms with Gasteiger partial charge in [-0.15, -0.1) is 0 Å². The van der Waals surface area contributed by atoms with Crippen LogP contribution in [0, 0.1) is 0 Å². The predicted octanol–water partition coefficient (Wildman–Crippen LogP) is -0.787. The van der Waals surface area contributed by atoms with Gasteiger partial charge >= 0.3 is 5.97 Å². The van der Waals surface area contributed by atoms with Crippen LogP contribution in [0.2, 0.25) is 0 Å². The van der Waals surface area contributed by atoms with Crippen molar-refractivity contribution >= 4 is 26.0 Å². The van der Waals surface area contributed by atoms with Crippen molar-refractivity contribution in [2.24, 2.45) is 0 Å². The average Bonchev–Trinajstić information content (AvgIpc) is 1.78. The molecule has 0 amide bonds. The molecule has 0 aromatic rings. The molecule has 0 atom stereocenters. The molecule has 0 fully saturated rings. The monoisotopic (exact) mass is 244 g/mol. The van der Waals surface area contributed by atoms with Crippen LogP contribution < -0.4 is 0 Å². The number of hydrogen-bond acceptors (Lipinski definition) is 6. The average molecular weight is 244 g/mol. The Kier molecular flexibility index (Phi) is 4.49. The Balaban J connectivity index is 4.45. The molecule has 84 valence electrons. The minimum Gasteiger partial charge on any atom is -0.465 e. The van der Waals surface area contributed by atoms with E-state index in [1.54, 1.807) is 0 Å². The van der Waals surface area contributed by atoms with Crippen LogP contribution in [-0.2, 0) is 29.6 Å². The van der Waals surface area contributed by atoms with Gasteiger partial charge in [0, 0.05) is 6.26 Å². The van der Waals surface area contributed by atoms with Gasteiger partial charge in [-0.05, 0) is 6.92 Å². The molecule has 0 aromatic carbocycles. The number of ether oxygens (including phenoxy) is 1. The van der Waals surface area contributed by atoms with E-state index < -0.39 is 31.8 Å². The molecule has 9 heteroatoms. The molecule has 0 N–H and O–H groups in total. The smallest absolute Gasteiger partial charge is 0.319 e. The number of carbonyl (C=O) groups is 1. The molecule has 7 nitrogen and oxygen atoms in total. The minimum atomic E-state index is -4.30. The summed E-state index contributed by atoms with van der Waals surface area (Å²) in [6, 6.07) is 0. The molecule has 0 aliphatic rings. The maximum atomic E-state index is 10.9. The van der Waals surface area contributed by atoms with Crippen LogP contribution in [0.4, 0.5) is 0 Å². The Morgan fingerprint density at radius 1 is 1.29 bits per heavy atom. The van der Waals surface area contributed by atoms with Crippen LogP contribution >= 0.6 is 0 Å². The first-order valence-electron chi connectivity index (χ1n) is 3.49. The quantitative estimate of drug-likeness (QED) is 0.586. The lowest BCUT2D eigenvalue weighted by molar-refractivity contribution is -0.139. The van der Waals surface area contributed by atoms with Crippen molar-refractivity contribution in [3.8, 4) is 0 Å². The summed E-state index contributed by atoms with van der Waals surface area (Å²) in [6.07, 6.45) is 0.621. The summed E-state index contributed by atoms with van der Waals surface area (Å²) in [5.41, 5.74) is 0. The van der Waals surface area contributed by atoms with E-state index in [9.17, 15) is 21.6 Å². The van der Waals surface area contributed by atoms with Crippen molar-refractivity contribution in [1.82, 2.24) is 0 Å². The van der Waals surface area contributed by atoms with Crippen molar-refractivity contribution in [2.45, 2.75) is 6.92 Å². The van der Waals surface area contributed by atoms with Crippen LogP contribution in [0.3, 0.4) is 0 Å². The van der Waals surface area contributed by atoms with Crippen molar-refractivity contribution in [2.75, 3.05) is 18.6 Å². The molecule has 14 heavy (non-hydrogen) atoms. The van der Waals surface area contributed by atoms with Gasteiger partial charge in [-0.2, -0.15) is 0 Å². The van der Waals surface area contributed by atoms with Crippen LogP contribution in [0.15, 0.2) is 0 Å². The van der Waals surface area contributed by atoms with E-state index >= 15 is 0 Å². The molecule has 0 aromatic heterocycles. The first kappa shape index (κ1) is 13.3. The molecule has 0 bridgehead atoms. The summed E-state index contributed by atoms with van der Waals surface area (Å²) in [5.74, 6) is -2.09. The van der Waals surface area contributed by atoms with E-state index in [-0.39, 0.29) is 6.61 Å². The summed E-state index contributed by atoms with van der Waals surface area (Å²) >= 11 is 0. The second-order valence-electron chi connectivity index (χ2n) is 2.34. The van der Waals surface area contributed by atoms with Gasteiger partial charge in [-0.1, -0.05) is 0 Å². The third-order valence-corrected chi connectivity index (χ3v) is 3.45. The highest BCUT2D eigenvalue weighted by molar-refractivity contribution is 8.12. The van der Waals surface area contributed by atoms with Crippen molar-refractivity contribution < 1.29 is 26.4 Å². The summed E-state index contributed by atoms with van der Waals surface area (Å²) in [7, 11) is -8.31. The highest BCUT2D eigenvalue weighted by Gasteiger charge is 2.11. The van der Waals surface area contributed by atoms with Crippen LogP contribution in [0.5, 0.6) is 0 Å². The lowest BCUT2D eigenvalue weighted by Gasteiger charge is -2.16. The summed E-state index contributed by atoms with van der Waals surface area (Å²) in [6.45, 7) is 1.52. The zero-order valence-electron chi connectivity index (χ0n) is 7.63. The number of rotatable bonds is 5. The third-order valence-electron chi connectivity index (χ3n) is 0.855. The van der Waals surface area contributed by atoms with E-state index in [2.05, 4.69) is 8.86 Å². The maximum Gasteiger partial charge on any atom is 0.319 e. The zero-order valence-corrected chi connectivity index (χ0v) is 9.26. The fourth-order valence-corrected chi connectivity index (χ4v) is 2.83. The molecule has 0 unspecified atom stereocenters. The molecule has 0 radical (unpaired) electrons. The minimum absolute atomic E-state index is 0.0211. The second kappa shape index (κ2) is 4.71. The maximum absolute atomic E-state index is 10.9. The Bertz CT molecular complexity index is 394. The van der Waals surface area contributed by atoms with Crippen LogP contribution in [-0.4, -0.2) is 41.4 Å². The van der Waals surface area contributed by atoms with Crippen molar-refractivity contribution in [1.29, 1.82) is 0 Å². The van der Waals surface area contributed by atoms with Gasteiger partial charge in [-0.3, -0.25) is 4.79 Å². The van der Waals surface area contributed by atoms with Crippen molar-refractivity contribution in [3.63, 3.8) is 0 Å². The SMILES string of the molecule is CCOC(=O)CS(=O)(=O)[N-]S(C)(=O)=O. The van der Waals surface area contributed by atoms with Gasteiger partial charge in [0.05, 0.1) is 26.7 Å². The predicted molar refractivity (Wildman–Crippen MR) is 48.6 cm³/mol. The second-order valence-corrected chi connectivity index (χ2v) is 5.85. The van der Waals surface area contributed by atoms with Gasteiger partial charge in [0.25, 0.3) is 0 Å². The van der Waals surface area contributed by atoms with Crippen LogP contribution in [0.25, 0.3) is 4.13 Å².